The fourth-order valence-corrected chi connectivity index (χ4v) is 3.02. The molecule has 122 valence electrons. The Morgan fingerprint density at radius 2 is 1.61 bits per heavy atom. The number of rotatable bonds is 3. The number of hydrogen-bond donors (Lipinski definition) is 0. The minimum atomic E-state index is 0.361. The molecule has 0 heterocycles. The first-order valence-corrected chi connectivity index (χ1v) is 8.75. The van der Waals surface area contributed by atoms with E-state index in [1.807, 2.05) is 12.1 Å². The number of carbonyl (C=O) groups is 3. The molecule has 0 aromatic heterocycles. The summed E-state index contributed by atoms with van der Waals surface area (Å²) in [5.74, 6) is 2.16. The Bertz CT molecular complexity index is 560. The molecule has 4 rings (SSSR count). The molecule has 0 aliphatic heterocycles. The molecule has 0 N–H and O–H groups in total. The van der Waals surface area contributed by atoms with Crippen LogP contribution in [0.3, 0.4) is 0 Å². The van der Waals surface area contributed by atoms with E-state index in [0.29, 0.717) is 23.3 Å². The highest BCUT2D eigenvalue weighted by molar-refractivity contribution is 9.10. The average Bonchev–Trinajstić information content (AvgIpc) is 3.22. The van der Waals surface area contributed by atoms with Gasteiger partial charge in [-0.25, -0.2) is 0 Å². The highest BCUT2D eigenvalue weighted by atomic mass is 79.9. The lowest BCUT2D eigenvalue weighted by atomic mass is 9.95. The Kier molecular flexibility index (Phi) is 6.90. The molecule has 3 aliphatic carbocycles. The zero-order chi connectivity index (χ0) is 16.7. The zero-order valence-electron chi connectivity index (χ0n) is 12.9. The third-order valence-electron chi connectivity index (χ3n) is 4.33. The Balaban J connectivity index is 0.000000131. The van der Waals surface area contributed by atoms with Gasteiger partial charge in [0.2, 0.25) is 0 Å². The van der Waals surface area contributed by atoms with Gasteiger partial charge in [0.15, 0.2) is 0 Å². The first kappa shape index (κ1) is 17.8. The number of benzene rings is 1. The van der Waals surface area contributed by atoms with Crippen LogP contribution in [-0.4, -0.2) is 18.9 Å². The molecule has 2 bridgehead atoms. The molecule has 2 fully saturated rings. The van der Waals surface area contributed by atoms with E-state index < -0.39 is 0 Å². The predicted molar refractivity (Wildman–Crippen MR) is 93.2 cm³/mol. The maximum atomic E-state index is 10.4. The summed E-state index contributed by atoms with van der Waals surface area (Å²) < 4.78 is 0.994. The third kappa shape index (κ3) is 5.87. The smallest absolute Gasteiger partial charge is 0.150 e. The molecule has 1 aromatic rings. The molecular weight excluding hydrogens is 356 g/mol. The quantitative estimate of drug-likeness (QED) is 0.584. The van der Waals surface area contributed by atoms with Crippen molar-refractivity contribution in [3.63, 3.8) is 0 Å². The monoisotopic (exact) mass is 376 g/mol. The summed E-state index contributed by atoms with van der Waals surface area (Å²) in [6, 6.07) is 7.20. The van der Waals surface area contributed by atoms with Crippen LogP contribution in [0, 0.1) is 23.7 Å². The van der Waals surface area contributed by atoms with Crippen molar-refractivity contribution in [3.05, 3.63) is 46.5 Å². The van der Waals surface area contributed by atoms with Crippen molar-refractivity contribution in [1.29, 1.82) is 0 Å². The molecule has 1 aromatic carbocycles. The number of fused-ring (bicyclic) bond motifs is 2. The number of aldehydes is 3. The van der Waals surface area contributed by atoms with Gasteiger partial charge in [-0.3, -0.25) is 4.79 Å². The normalized spacial score (nSPS) is 26.4. The van der Waals surface area contributed by atoms with E-state index in [1.54, 1.807) is 12.1 Å². The van der Waals surface area contributed by atoms with Crippen LogP contribution in [0.4, 0.5) is 0 Å². The minimum absolute atomic E-state index is 0.361. The van der Waals surface area contributed by atoms with Crippen molar-refractivity contribution < 1.29 is 14.4 Å². The lowest BCUT2D eigenvalue weighted by Crippen LogP contribution is -2.07. The maximum absolute atomic E-state index is 10.4. The lowest BCUT2D eigenvalue weighted by Gasteiger charge is -2.08. The molecule has 3 unspecified atom stereocenters. The average molecular weight is 377 g/mol. The summed E-state index contributed by atoms with van der Waals surface area (Å²) >= 11 is 3.26. The van der Waals surface area contributed by atoms with Crippen molar-refractivity contribution in [2.75, 3.05) is 0 Å². The van der Waals surface area contributed by atoms with Gasteiger partial charge >= 0.3 is 0 Å². The van der Waals surface area contributed by atoms with E-state index in [-0.39, 0.29) is 0 Å². The summed E-state index contributed by atoms with van der Waals surface area (Å²) in [5, 5.41) is 0. The summed E-state index contributed by atoms with van der Waals surface area (Å²) in [7, 11) is 0. The zero-order valence-corrected chi connectivity index (χ0v) is 14.5. The van der Waals surface area contributed by atoms with Gasteiger partial charge in [0, 0.05) is 21.9 Å². The SMILES string of the molecule is O=CC1CC1.O=CC1CC2C=CC1C2.O=Cc1ccc(Br)cc1. The van der Waals surface area contributed by atoms with E-state index in [9.17, 15) is 14.4 Å². The van der Waals surface area contributed by atoms with Gasteiger partial charge in [-0.2, -0.15) is 0 Å². The highest BCUT2D eigenvalue weighted by Crippen LogP contribution is 2.42. The van der Waals surface area contributed by atoms with Gasteiger partial charge in [0.05, 0.1) is 0 Å². The molecule has 0 amide bonds. The van der Waals surface area contributed by atoms with Gasteiger partial charge in [-0.1, -0.05) is 40.2 Å². The fraction of sp³-hybridized carbons (Fsp3) is 0.421. The van der Waals surface area contributed by atoms with Gasteiger partial charge in [-0.05, 0) is 49.7 Å². The fourth-order valence-electron chi connectivity index (χ4n) is 2.75. The topological polar surface area (TPSA) is 51.2 Å². The standard InChI is InChI=1S/C8H10O.C7H5BrO.C4H6O/c9-5-8-4-6-1-2-7(8)3-6;8-7-3-1-6(5-9)2-4-7;5-3-4-1-2-4/h1-2,5-8H,3-4H2;1-5H;3-4H,1-2H2. The Labute approximate surface area is 145 Å². The number of allylic oxidation sites excluding steroid dienone is 2. The molecule has 3 aliphatic rings. The van der Waals surface area contributed by atoms with Crippen molar-refractivity contribution in [3.8, 4) is 0 Å². The number of carbonyl (C=O) groups excluding carboxylic acids is 3. The van der Waals surface area contributed by atoms with Crippen molar-refractivity contribution in [2.24, 2.45) is 23.7 Å². The molecule has 3 nitrogen and oxygen atoms in total. The van der Waals surface area contributed by atoms with Crippen molar-refractivity contribution in [1.82, 2.24) is 0 Å². The molecular formula is C19H21BrO3. The molecule has 0 radical (unpaired) electrons. The van der Waals surface area contributed by atoms with Crippen LogP contribution in [0.2, 0.25) is 0 Å². The van der Waals surface area contributed by atoms with Crippen LogP contribution in [0.5, 0.6) is 0 Å². The molecule has 0 spiro atoms. The van der Waals surface area contributed by atoms with E-state index >= 15 is 0 Å². The molecule has 0 saturated heterocycles. The second-order valence-corrected chi connectivity index (χ2v) is 7.14. The van der Waals surface area contributed by atoms with E-state index in [0.717, 1.165) is 48.5 Å². The second-order valence-electron chi connectivity index (χ2n) is 6.22. The predicted octanol–water partition coefficient (Wildman–Crippen LogP) is 4.25. The minimum Gasteiger partial charge on any atom is -0.303 e. The first-order chi connectivity index (χ1) is 11.2. The lowest BCUT2D eigenvalue weighted by molar-refractivity contribution is -0.111. The summed E-state index contributed by atoms with van der Waals surface area (Å²) in [6.07, 6.45) is 12.1. The van der Waals surface area contributed by atoms with Crippen molar-refractivity contribution in [2.45, 2.75) is 25.7 Å². The van der Waals surface area contributed by atoms with Crippen LogP contribution in [-0.2, 0) is 9.59 Å². The van der Waals surface area contributed by atoms with Crippen LogP contribution < -0.4 is 0 Å². The summed E-state index contributed by atoms with van der Waals surface area (Å²) in [6.45, 7) is 0. The molecule has 2 saturated carbocycles. The summed E-state index contributed by atoms with van der Waals surface area (Å²) in [5.41, 5.74) is 0.707. The first-order valence-electron chi connectivity index (χ1n) is 7.96. The van der Waals surface area contributed by atoms with Gasteiger partial charge in [-0.15, -0.1) is 0 Å². The van der Waals surface area contributed by atoms with Gasteiger partial charge in [0.25, 0.3) is 0 Å². The molecule has 4 heteroatoms. The van der Waals surface area contributed by atoms with E-state index in [4.69, 9.17) is 0 Å². The maximum Gasteiger partial charge on any atom is 0.150 e. The van der Waals surface area contributed by atoms with Crippen molar-refractivity contribution >= 4 is 34.8 Å². The summed E-state index contributed by atoms with van der Waals surface area (Å²) in [4.78, 5) is 30.0. The van der Waals surface area contributed by atoms with E-state index in [2.05, 4.69) is 28.1 Å². The van der Waals surface area contributed by atoms with Crippen LogP contribution >= 0.6 is 15.9 Å². The van der Waals surface area contributed by atoms with E-state index in [1.165, 1.54) is 6.42 Å². The van der Waals surface area contributed by atoms with Gasteiger partial charge in [0.1, 0.15) is 18.9 Å². The highest BCUT2D eigenvalue weighted by Gasteiger charge is 2.34. The second kappa shape index (κ2) is 8.92. The largest absolute Gasteiger partial charge is 0.303 e. The number of hydrogen-bond acceptors (Lipinski definition) is 3. The third-order valence-corrected chi connectivity index (χ3v) is 4.85. The van der Waals surface area contributed by atoms with Gasteiger partial charge < -0.3 is 9.59 Å². The van der Waals surface area contributed by atoms with Crippen LogP contribution in [0.25, 0.3) is 0 Å². The van der Waals surface area contributed by atoms with Crippen LogP contribution in [0.15, 0.2) is 40.9 Å². The van der Waals surface area contributed by atoms with Crippen LogP contribution in [0.1, 0.15) is 36.0 Å². The Morgan fingerprint density at radius 1 is 0.913 bits per heavy atom. The Morgan fingerprint density at radius 3 is 1.91 bits per heavy atom. The molecule has 3 atom stereocenters. The molecule has 23 heavy (non-hydrogen) atoms. The Hall–Kier alpha value is -1.55. The number of halogens is 1.